The van der Waals surface area contributed by atoms with Crippen LogP contribution in [0.4, 0.5) is 0 Å². The molecule has 4 heteroatoms. The molecule has 0 spiro atoms. The van der Waals surface area contributed by atoms with Crippen molar-refractivity contribution < 1.29 is 8.83 Å². The van der Waals surface area contributed by atoms with Crippen molar-refractivity contribution in [2.24, 2.45) is 0 Å². The van der Waals surface area contributed by atoms with Gasteiger partial charge in [0, 0.05) is 12.2 Å². The highest BCUT2D eigenvalue weighted by molar-refractivity contribution is 5.78. The molecule has 0 N–H and O–H groups in total. The summed E-state index contributed by atoms with van der Waals surface area (Å²) in [4.78, 5) is 8.87. The number of oxazole rings is 2. The Morgan fingerprint density at radius 3 is 1.64 bits per heavy atom. The smallest absolute Gasteiger partial charge is 0.220 e. The monoisotopic (exact) mass is 290 g/mol. The molecule has 0 aliphatic heterocycles. The summed E-state index contributed by atoms with van der Waals surface area (Å²) in [5, 5.41) is 0. The molecule has 108 valence electrons. The van der Waals surface area contributed by atoms with Gasteiger partial charge in [-0.3, -0.25) is 0 Å². The van der Waals surface area contributed by atoms with Gasteiger partial charge in [0.15, 0.2) is 11.2 Å². The zero-order chi connectivity index (χ0) is 15.1. The van der Waals surface area contributed by atoms with Crippen molar-refractivity contribution in [2.75, 3.05) is 0 Å². The third-order valence-electron chi connectivity index (χ3n) is 3.49. The minimum absolute atomic E-state index is 0.541. The van der Waals surface area contributed by atoms with E-state index in [1.54, 1.807) is 12.2 Å². The first-order valence-electron chi connectivity index (χ1n) is 7.10. The Morgan fingerprint density at radius 2 is 1.18 bits per heavy atom. The first-order valence-corrected chi connectivity index (χ1v) is 7.10. The molecule has 4 nitrogen and oxygen atoms in total. The molecule has 2 heterocycles. The molecule has 0 aliphatic carbocycles. The van der Waals surface area contributed by atoms with E-state index in [0.717, 1.165) is 33.3 Å². The van der Waals surface area contributed by atoms with Crippen molar-refractivity contribution in [3.63, 3.8) is 0 Å². The molecule has 2 aromatic carbocycles. The number of benzene rings is 2. The van der Waals surface area contributed by atoms with Gasteiger partial charge in [0.2, 0.25) is 11.8 Å². The number of aryl methyl sites for hydroxylation is 2. The predicted molar refractivity (Wildman–Crippen MR) is 86.4 cm³/mol. The van der Waals surface area contributed by atoms with E-state index < -0.39 is 0 Å². The van der Waals surface area contributed by atoms with Gasteiger partial charge in [-0.2, -0.15) is 0 Å². The van der Waals surface area contributed by atoms with Gasteiger partial charge in [-0.05, 0) is 49.2 Å². The quantitative estimate of drug-likeness (QED) is 0.534. The van der Waals surface area contributed by atoms with Crippen LogP contribution >= 0.6 is 0 Å². The fourth-order valence-corrected chi connectivity index (χ4v) is 2.40. The van der Waals surface area contributed by atoms with Crippen LogP contribution < -0.4 is 0 Å². The van der Waals surface area contributed by atoms with Crippen molar-refractivity contribution in [1.82, 2.24) is 9.97 Å². The van der Waals surface area contributed by atoms with Crippen LogP contribution in [-0.4, -0.2) is 9.97 Å². The second kappa shape index (κ2) is 4.84. The molecular weight excluding hydrogens is 276 g/mol. The Bertz CT molecular complexity index is 926. The minimum atomic E-state index is 0.541. The molecule has 4 aromatic rings. The molecule has 22 heavy (non-hydrogen) atoms. The van der Waals surface area contributed by atoms with Crippen molar-refractivity contribution in [1.29, 1.82) is 0 Å². The summed E-state index contributed by atoms with van der Waals surface area (Å²) >= 11 is 0. The minimum Gasteiger partial charge on any atom is -0.437 e. The van der Waals surface area contributed by atoms with E-state index in [9.17, 15) is 0 Å². The number of rotatable bonds is 2. The summed E-state index contributed by atoms with van der Waals surface area (Å²) in [7, 11) is 0. The second-order valence-electron chi connectivity index (χ2n) is 5.38. The molecule has 0 saturated heterocycles. The van der Waals surface area contributed by atoms with Gasteiger partial charge >= 0.3 is 0 Å². The van der Waals surface area contributed by atoms with Gasteiger partial charge in [-0.15, -0.1) is 0 Å². The molecular formula is C18H14N2O2. The Hall–Kier alpha value is -2.88. The molecule has 0 unspecified atom stereocenters. The number of hydrogen-bond acceptors (Lipinski definition) is 4. The zero-order valence-corrected chi connectivity index (χ0v) is 12.3. The Kier molecular flexibility index (Phi) is 2.82. The maximum atomic E-state index is 5.67. The number of nitrogens with zero attached hydrogens (tertiary/aromatic N) is 2. The maximum Gasteiger partial charge on any atom is 0.220 e. The lowest BCUT2D eigenvalue weighted by Gasteiger charge is -1.87. The third-order valence-corrected chi connectivity index (χ3v) is 3.49. The van der Waals surface area contributed by atoms with Crippen LogP contribution in [0.2, 0.25) is 0 Å². The molecule has 2 aromatic heterocycles. The summed E-state index contributed by atoms with van der Waals surface area (Å²) in [6.45, 7) is 4.06. The van der Waals surface area contributed by atoms with E-state index in [1.807, 2.05) is 50.2 Å². The van der Waals surface area contributed by atoms with Crippen LogP contribution in [-0.2, 0) is 0 Å². The fourth-order valence-electron chi connectivity index (χ4n) is 2.40. The molecule has 0 amide bonds. The molecule has 0 bridgehead atoms. The maximum absolute atomic E-state index is 5.67. The first kappa shape index (κ1) is 12.8. The van der Waals surface area contributed by atoms with Crippen molar-refractivity contribution in [3.05, 3.63) is 59.3 Å². The predicted octanol–water partition coefficient (Wildman–Crippen LogP) is 4.76. The van der Waals surface area contributed by atoms with Gasteiger partial charge in [0.05, 0.1) is 0 Å². The van der Waals surface area contributed by atoms with E-state index >= 15 is 0 Å². The van der Waals surface area contributed by atoms with Crippen molar-refractivity contribution >= 4 is 34.4 Å². The topological polar surface area (TPSA) is 52.1 Å². The van der Waals surface area contributed by atoms with Crippen LogP contribution in [0.1, 0.15) is 22.9 Å². The molecule has 0 aliphatic rings. The number of aromatic nitrogens is 2. The largest absolute Gasteiger partial charge is 0.437 e. The lowest BCUT2D eigenvalue weighted by Crippen LogP contribution is -1.73. The van der Waals surface area contributed by atoms with Crippen LogP contribution in [0.5, 0.6) is 0 Å². The van der Waals surface area contributed by atoms with E-state index in [-0.39, 0.29) is 0 Å². The summed E-state index contributed by atoms with van der Waals surface area (Å²) in [6.07, 6.45) is 3.54. The second-order valence-corrected chi connectivity index (χ2v) is 5.38. The van der Waals surface area contributed by atoms with Gasteiger partial charge in [0.25, 0.3) is 0 Å². The number of fused-ring (bicyclic) bond motifs is 2. The highest BCUT2D eigenvalue weighted by Gasteiger charge is 2.05. The lowest BCUT2D eigenvalue weighted by atomic mass is 10.2. The van der Waals surface area contributed by atoms with Gasteiger partial charge < -0.3 is 8.83 Å². The van der Waals surface area contributed by atoms with E-state index in [2.05, 4.69) is 9.97 Å². The number of hydrogen-bond donors (Lipinski definition) is 0. The van der Waals surface area contributed by atoms with Gasteiger partial charge in [-0.1, -0.05) is 12.1 Å². The molecule has 0 radical (unpaired) electrons. The van der Waals surface area contributed by atoms with E-state index in [0.29, 0.717) is 11.8 Å². The van der Waals surface area contributed by atoms with Crippen LogP contribution in [0.3, 0.4) is 0 Å². The summed E-state index contributed by atoms with van der Waals surface area (Å²) < 4.78 is 11.3. The van der Waals surface area contributed by atoms with Crippen LogP contribution in [0.15, 0.2) is 45.2 Å². The van der Waals surface area contributed by atoms with Crippen LogP contribution in [0.25, 0.3) is 34.4 Å². The Labute approximate surface area is 127 Å². The van der Waals surface area contributed by atoms with Crippen LogP contribution in [0, 0.1) is 13.8 Å². The molecule has 0 saturated carbocycles. The Balaban J connectivity index is 1.68. The normalized spacial score (nSPS) is 11.9. The summed E-state index contributed by atoms with van der Waals surface area (Å²) in [6, 6.07) is 11.9. The Morgan fingerprint density at radius 1 is 0.727 bits per heavy atom. The highest BCUT2D eigenvalue weighted by atomic mass is 16.4. The molecule has 0 atom stereocenters. The zero-order valence-electron chi connectivity index (χ0n) is 12.3. The fraction of sp³-hybridized carbons (Fsp3) is 0.111. The van der Waals surface area contributed by atoms with E-state index in [1.165, 1.54) is 0 Å². The summed E-state index contributed by atoms with van der Waals surface area (Å²) in [5.41, 5.74) is 5.58. The van der Waals surface area contributed by atoms with Gasteiger partial charge in [0.1, 0.15) is 11.0 Å². The average molecular weight is 290 g/mol. The summed E-state index contributed by atoms with van der Waals surface area (Å²) in [5.74, 6) is 1.08. The average Bonchev–Trinajstić information content (AvgIpc) is 3.07. The SMILES string of the molecule is Cc1ccc2oc(/C=C\c3nc4cc(C)ccc4o3)nc2c1. The third kappa shape index (κ3) is 2.29. The van der Waals surface area contributed by atoms with Crippen molar-refractivity contribution in [2.45, 2.75) is 13.8 Å². The standard InChI is InChI=1S/C18H14N2O2/c1-11-3-5-15-13(9-11)19-17(21-15)7-8-18-20-14-10-12(2)4-6-16(14)22-18/h3-10H,1-2H3/b8-7-. The molecule has 4 rings (SSSR count). The first-order chi connectivity index (χ1) is 10.7. The highest BCUT2D eigenvalue weighted by Crippen LogP contribution is 2.20. The van der Waals surface area contributed by atoms with E-state index in [4.69, 9.17) is 8.83 Å². The van der Waals surface area contributed by atoms with Crippen molar-refractivity contribution in [3.8, 4) is 0 Å². The van der Waals surface area contributed by atoms with Gasteiger partial charge in [-0.25, -0.2) is 9.97 Å². The lowest BCUT2D eigenvalue weighted by molar-refractivity contribution is 0.583. The molecule has 0 fully saturated rings.